The number of anilines is 1. The highest BCUT2D eigenvalue weighted by molar-refractivity contribution is 6.44. The maximum absolute atomic E-state index is 13.9. The number of methoxy groups -OCH3 is 1. The van der Waals surface area contributed by atoms with Crippen molar-refractivity contribution in [2.24, 2.45) is 0 Å². The maximum Gasteiger partial charge on any atom is 0.301 e. The molecule has 0 fully saturated rings. The van der Waals surface area contributed by atoms with Crippen LogP contribution in [0.25, 0.3) is 5.57 Å². The third-order valence-corrected chi connectivity index (χ3v) is 3.59. The highest BCUT2D eigenvalue weighted by atomic mass is 19.1. The highest BCUT2D eigenvalue weighted by Crippen LogP contribution is 2.33. The smallest absolute Gasteiger partial charge is 0.301 e. The Balaban J connectivity index is 2.05. The van der Waals surface area contributed by atoms with Gasteiger partial charge in [-0.2, -0.15) is 0 Å². The first-order valence-electron chi connectivity index (χ1n) is 6.85. The Morgan fingerprint density at radius 1 is 1.00 bits per heavy atom. The molecule has 0 saturated heterocycles. The van der Waals surface area contributed by atoms with Gasteiger partial charge in [-0.05, 0) is 29.8 Å². The van der Waals surface area contributed by atoms with Crippen LogP contribution < -0.4 is 9.64 Å². The summed E-state index contributed by atoms with van der Waals surface area (Å²) in [6.07, 6.45) is 0. The van der Waals surface area contributed by atoms with Gasteiger partial charge in [0.2, 0.25) is 0 Å². The van der Waals surface area contributed by atoms with E-state index in [1.807, 2.05) is 0 Å². The van der Waals surface area contributed by atoms with Gasteiger partial charge >= 0.3 is 5.91 Å². The van der Waals surface area contributed by atoms with E-state index >= 15 is 0 Å². The first-order chi connectivity index (χ1) is 11.4. The van der Waals surface area contributed by atoms with Crippen molar-refractivity contribution in [3.8, 4) is 5.75 Å². The molecule has 0 aliphatic carbocycles. The zero-order valence-electron chi connectivity index (χ0n) is 12.4. The first kappa shape index (κ1) is 15.7. The van der Waals surface area contributed by atoms with Crippen LogP contribution in [0.2, 0.25) is 0 Å². The molecule has 2 amide bonds. The van der Waals surface area contributed by atoms with Gasteiger partial charge in [0.05, 0.1) is 18.4 Å². The molecule has 0 unspecified atom stereocenters. The average molecular weight is 331 g/mol. The predicted octanol–water partition coefficient (Wildman–Crippen LogP) is 2.82. The summed E-state index contributed by atoms with van der Waals surface area (Å²) in [4.78, 5) is 25.1. The number of imide groups is 1. The molecule has 1 aliphatic heterocycles. The summed E-state index contributed by atoms with van der Waals surface area (Å²) in [5, 5.41) is 10.0. The summed E-state index contributed by atoms with van der Waals surface area (Å²) in [5.74, 6) is -4.13. The van der Waals surface area contributed by atoms with E-state index in [-0.39, 0.29) is 11.1 Å². The van der Waals surface area contributed by atoms with E-state index in [0.717, 1.165) is 18.2 Å². The molecule has 7 heteroatoms. The Labute approximate surface area is 135 Å². The van der Waals surface area contributed by atoms with Gasteiger partial charge in [-0.25, -0.2) is 13.7 Å². The molecule has 5 nitrogen and oxygen atoms in total. The van der Waals surface area contributed by atoms with Crippen LogP contribution in [0.15, 0.2) is 48.2 Å². The second kappa shape index (κ2) is 5.77. The molecule has 0 atom stereocenters. The Morgan fingerprint density at radius 3 is 2.29 bits per heavy atom. The highest BCUT2D eigenvalue weighted by Gasteiger charge is 2.41. The first-order valence-corrected chi connectivity index (χ1v) is 6.85. The molecule has 1 N–H and O–H groups in total. The van der Waals surface area contributed by atoms with Crippen LogP contribution in [0.5, 0.6) is 5.75 Å². The number of hydrogen-bond acceptors (Lipinski definition) is 4. The average Bonchev–Trinajstić information content (AvgIpc) is 2.80. The fourth-order valence-corrected chi connectivity index (χ4v) is 2.41. The van der Waals surface area contributed by atoms with E-state index in [1.165, 1.54) is 19.2 Å². The van der Waals surface area contributed by atoms with Crippen molar-refractivity contribution in [2.75, 3.05) is 12.0 Å². The van der Waals surface area contributed by atoms with Gasteiger partial charge in [0.1, 0.15) is 17.4 Å². The lowest BCUT2D eigenvalue weighted by molar-refractivity contribution is -0.121. The quantitative estimate of drug-likeness (QED) is 0.878. The number of ether oxygens (including phenoxy) is 1. The maximum atomic E-state index is 13.9. The van der Waals surface area contributed by atoms with E-state index in [1.54, 1.807) is 12.1 Å². The summed E-state index contributed by atoms with van der Waals surface area (Å²) < 4.78 is 32.2. The molecule has 0 spiro atoms. The van der Waals surface area contributed by atoms with Crippen molar-refractivity contribution in [3.05, 3.63) is 65.4 Å². The third kappa shape index (κ3) is 2.40. The van der Waals surface area contributed by atoms with Crippen LogP contribution in [0, 0.1) is 11.6 Å². The minimum absolute atomic E-state index is 0.256. The molecule has 3 rings (SSSR count). The monoisotopic (exact) mass is 331 g/mol. The van der Waals surface area contributed by atoms with E-state index < -0.39 is 34.9 Å². The van der Waals surface area contributed by atoms with Gasteiger partial charge in [-0.1, -0.05) is 12.1 Å². The van der Waals surface area contributed by atoms with Gasteiger partial charge in [0.25, 0.3) is 5.91 Å². The molecule has 1 aliphatic rings. The van der Waals surface area contributed by atoms with Crippen molar-refractivity contribution in [3.63, 3.8) is 0 Å². The number of carbonyl (C=O) groups is 2. The molecule has 0 bridgehead atoms. The van der Waals surface area contributed by atoms with E-state index in [2.05, 4.69) is 0 Å². The number of carbonyl (C=O) groups excluding carboxylic acids is 2. The van der Waals surface area contributed by atoms with Crippen molar-refractivity contribution in [2.45, 2.75) is 0 Å². The molecule has 0 saturated carbocycles. The fraction of sp³-hybridized carbons (Fsp3) is 0.0588. The number of halogens is 2. The largest absolute Gasteiger partial charge is 0.502 e. The van der Waals surface area contributed by atoms with Crippen LogP contribution in [0.3, 0.4) is 0 Å². The van der Waals surface area contributed by atoms with Crippen molar-refractivity contribution in [1.29, 1.82) is 0 Å². The topological polar surface area (TPSA) is 66.8 Å². The molecule has 2 aromatic rings. The molecule has 1 heterocycles. The van der Waals surface area contributed by atoms with Gasteiger partial charge in [0, 0.05) is 6.07 Å². The van der Waals surface area contributed by atoms with Crippen LogP contribution in [-0.4, -0.2) is 24.0 Å². The lowest BCUT2D eigenvalue weighted by Gasteiger charge is -2.15. The fourth-order valence-electron chi connectivity index (χ4n) is 2.41. The second-order valence-corrected chi connectivity index (χ2v) is 4.99. The number of hydrogen-bond donors (Lipinski definition) is 1. The zero-order chi connectivity index (χ0) is 17.4. The Bertz CT molecular complexity index is 875. The lowest BCUT2D eigenvalue weighted by atomic mass is 10.1. The zero-order valence-corrected chi connectivity index (χ0v) is 12.4. The molecule has 2 aromatic carbocycles. The second-order valence-electron chi connectivity index (χ2n) is 4.99. The van der Waals surface area contributed by atoms with Crippen LogP contribution in [-0.2, 0) is 9.59 Å². The summed E-state index contributed by atoms with van der Waals surface area (Å²) in [6, 6.07) is 8.41. The van der Waals surface area contributed by atoms with E-state index in [4.69, 9.17) is 4.74 Å². The van der Waals surface area contributed by atoms with Crippen molar-refractivity contribution < 1.29 is 28.2 Å². The van der Waals surface area contributed by atoms with Gasteiger partial charge < -0.3 is 9.84 Å². The standard InChI is InChI=1S/C17H11F2NO4/c1-24-11-5-2-9(3-6-11)14-15(21)17(23)20(16(14)22)13-8-10(18)4-7-12(13)19/h2-8,21H,1H3. The van der Waals surface area contributed by atoms with Crippen molar-refractivity contribution in [1.82, 2.24) is 0 Å². The normalized spacial score (nSPS) is 14.5. The Hall–Kier alpha value is -3.22. The van der Waals surface area contributed by atoms with E-state index in [0.29, 0.717) is 10.6 Å². The van der Waals surface area contributed by atoms with Crippen molar-refractivity contribution >= 4 is 23.1 Å². The van der Waals surface area contributed by atoms with Crippen LogP contribution in [0.1, 0.15) is 5.56 Å². The molecule has 122 valence electrons. The SMILES string of the molecule is COc1ccc(C2=C(O)C(=O)N(c3cc(F)ccc3F)C2=O)cc1. The number of aliphatic hydroxyl groups is 1. The Morgan fingerprint density at radius 2 is 1.67 bits per heavy atom. The summed E-state index contributed by atoms with van der Waals surface area (Å²) in [5.41, 5.74) is -0.586. The number of amides is 2. The van der Waals surface area contributed by atoms with Crippen LogP contribution in [0.4, 0.5) is 14.5 Å². The van der Waals surface area contributed by atoms with Gasteiger partial charge in [-0.15, -0.1) is 0 Å². The third-order valence-electron chi connectivity index (χ3n) is 3.59. The lowest BCUT2D eigenvalue weighted by Crippen LogP contribution is -2.32. The number of benzene rings is 2. The summed E-state index contributed by atoms with van der Waals surface area (Å²) in [6.45, 7) is 0. The summed E-state index contributed by atoms with van der Waals surface area (Å²) >= 11 is 0. The number of aliphatic hydroxyl groups excluding tert-OH is 1. The van der Waals surface area contributed by atoms with Gasteiger partial charge in [0.15, 0.2) is 5.76 Å². The minimum atomic E-state index is -1.12. The number of rotatable bonds is 3. The molecule has 24 heavy (non-hydrogen) atoms. The Kier molecular flexibility index (Phi) is 3.76. The van der Waals surface area contributed by atoms with Crippen LogP contribution >= 0.6 is 0 Å². The molecular formula is C17H11F2NO4. The minimum Gasteiger partial charge on any atom is -0.502 e. The van der Waals surface area contributed by atoms with Gasteiger partial charge in [-0.3, -0.25) is 9.59 Å². The predicted molar refractivity (Wildman–Crippen MR) is 81.4 cm³/mol. The van der Waals surface area contributed by atoms with E-state index in [9.17, 15) is 23.5 Å². The number of nitrogens with zero attached hydrogens (tertiary/aromatic N) is 1. The summed E-state index contributed by atoms with van der Waals surface area (Å²) in [7, 11) is 1.46. The molecule has 0 aromatic heterocycles. The molecule has 0 radical (unpaired) electrons. The molecular weight excluding hydrogens is 320 g/mol.